The number of alkyl halides is 3. The van der Waals surface area contributed by atoms with Crippen molar-refractivity contribution in [2.45, 2.75) is 20.0 Å². The molecule has 0 atom stereocenters. The predicted octanol–water partition coefficient (Wildman–Crippen LogP) is 2.90. The molecule has 0 radical (unpaired) electrons. The molecule has 0 spiro atoms. The van der Waals surface area contributed by atoms with E-state index in [4.69, 9.17) is 5.73 Å². The molecule has 0 heterocycles. The summed E-state index contributed by atoms with van der Waals surface area (Å²) in [5.74, 6) is 0. The van der Waals surface area contributed by atoms with Crippen molar-refractivity contribution in [1.29, 1.82) is 0 Å². The lowest BCUT2D eigenvalue weighted by molar-refractivity contribution is -0.137. The molecule has 0 aliphatic heterocycles. The molecule has 1 rings (SSSR count). The van der Waals surface area contributed by atoms with Crippen LogP contribution in [0.5, 0.6) is 0 Å². The average Bonchev–Trinajstić information content (AvgIpc) is 1.94. The molecule has 1 aromatic rings. The molecule has 0 amide bonds. The number of benzene rings is 1. The van der Waals surface area contributed by atoms with Crippen molar-refractivity contribution in [3.8, 4) is 0 Å². The normalized spacial score (nSPS) is 11.8. The number of nitrogens with two attached hydrogens (primary N) is 1. The standard InChI is InChI=1S/C9H10F3N/c1-5-3-6(2)8(13)7(4-5)9(10,11)12/h3-4H,13H2,1-2H3. The summed E-state index contributed by atoms with van der Waals surface area (Å²) in [6, 6.07) is 2.69. The highest BCUT2D eigenvalue weighted by Gasteiger charge is 2.33. The number of anilines is 1. The Morgan fingerprint density at radius 3 is 2.15 bits per heavy atom. The van der Waals surface area contributed by atoms with Crippen LogP contribution in [0.4, 0.5) is 18.9 Å². The number of halogens is 3. The Balaban J connectivity index is 3.37. The van der Waals surface area contributed by atoms with Gasteiger partial charge in [-0.2, -0.15) is 13.2 Å². The van der Waals surface area contributed by atoms with E-state index >= 15 is 0 Å². The van der Waals surface area contributed by atoms with Gasteiger partial charge in [-0.1, -0.05) is 11.6 Å². The Labute approximate surface area is 74.4 Å². The Morgan fingerprint density at radius 1 is 1.15 bits per heavy atom. The van der Waals surface area contributed by atoms with Crippen LogP contribution < -0.4 is 5.73 Å². The highest BCUT2D eigenvalue weighted by molar-refractivity contribution is 5.56. The summed E-state index contributed by atoms with van der Waals surface area (Å²) in [5, 5.41) is 0. The van der Waals surface area contributed by atoms with Crippen LogP contribution in [0.15, 0.2) is 12.1 Å². The zero-order valence-corrected chi connectivity index (χ0v) is 7.37. The van der Waals surface area contributed by atoms with Gasteiger partial charge in [-0.05, 0) is 25.5 Å². The lowest BCUT2D eigenvalue weighted by Crippen LogP contribution is -2.10. The summed E-state index contributed by atoms with van der Waals surface area (Å²) in [6.45, 7) is 3.18. The molecule has 0 bridgehead atoms. The van der Waals surface area contributed by atoms with Crippen LogP contribution in [0.2, 0.25) is 0 Å². The molecule has 0 aromatic heterocycles. The molecule has 0 saturated carbocycles. The maximum atomic E-state index is 12.3. The third-order valence-corrected chi connectivity index (χ3v) is 1.84. The van der Waals surface area contributed by atoms with E-state index in [2.05, 4.69) is 0 Å². The average molecular weight is 189 g/mol. The minimum Gasteiger partial charge on any atom is -0.398 e. The number of aryl methyl sites for hydroxylation is 2. The fourth-order valence-corrected chi connectivity index (χ4v) is 1.21. The van der Waals surface area contributed by atoms with Crippen LogP contribution >= 0.6 is 0 Å². The minimum atomic E-state index is -4.36. The van der Waals surface area contributed by atoms with Crippen LogP contribution in [0, 0.1) is 13.8 Å². The summed E-state index contributed by atoms with van der Waals surface area (Å²) in [7, 11) is 0. The lowest BCUT2D eigenvalue weighted by Gasteiger charge is -2.12. The van der Waals surface area contributed by atoms with Crippen molar-refractivity contribution in [3.63, 3.8) is 0 Å². The maximum absolute atomic E-state index is 12.3. The van der Waals surface area contributed by atoms with Crippen LogP contribution in [-0.4, -0.2) is 0 Å². The van der Waals surface area contributed by atoms with Crippen LogP contribution in [0.25, 0.3) is 0 Å². The molecule has 0 unspecified atom stereocenters. The molecule has 0 saturated heterocycles. The van der Waals surface area contributed by atoms with Crippen LogP contribution in [-0.2, 0) is 6.18 Å². The molecule has 13 heavy (non-hydrogen) atoms. The first-order valence-corrected chi connectivity index (χ1v) is 3.76. The maximum Gasteiger partial charge on any atom is 0.418 e. The number of rotatable bonds is 0. The minimum absolute atomic E-state index is 0.182. The van der Waals surface area contributed by atoms with Crippen molar-refractivity contribution < 1.29 is 13.2 Å². The van der Waals surface area contributed by atoms with E-state index in [1.54, 1.807) is 19.9 Å². The SMILES string of the molecule is Cc1cc(C)c(N)c(C(F)(F)F)c1. The summed E-state index contributed by atoms with van der Waals surface area (Å²) < 4.78 is 37.0. The molecule has 0 fully saturated rings. The molecule has 2 N–H and O–H groups in total. The van der Waals surface area contributed by atoms with Gasteiger partial charge in [0.25, 0.3) is 0 Å². The number of hydrogen-bond donors (Lipinski definition) is 1. The van der Waals surface area contributed by atoms with E-state index in [1.165, 1.54) is 0 Å². The van der Waals surface area contributed by atoms with E-state index in [-0.39, 0.29) is 5.69 Å². The molecule has 0 aliphatic carbocycles. The van der Waals surface area contributed by atoms with Gasteiger partial charge in [0.1, 0.15) is 0 Å². The van der Waals surface area contributed by atoms with Gasteiger partial charge in [0, 0.05) is 5.69 Å². The lowest BCUT2D eigenvalue weighted by atomic mass is 10.0. The fraction of sp³-hybridized carbons (Fsp3) is 0.333. The molecule has 4 heteroatoms. The van der Waals surface area contributed by atoms with Gasteiger partial charge in [-0.15, -0.1) is 0 Å². The monoisotopic (exact) mass is 189 g/mol. The predicted molar refractivity (Wildman–Crippen MR) is 45.3 cm³/mol. The summed E-state index contributed by atoms with van der Waals surface area (Å²) >= 11 is 0. The molecule has 0 aliphatic rings. The van der Waals surface area contributed by atoms with Gasteiger partial charge < -0.3 is 5.73 Å². The number of nitrogen functional groups attached to an aromatic ring is 1. The highest BCUT2D eigenvalue weighted by Crippen LogP contribution is 2.35. The number of hydrogen-bond acceptors (Lipinski definition) is 1. The van der Waals surface area contributed by atoms with E-state index in [0.29, 0.717) is 11.1 Å². The summed E-state index contributed by atoms with van der Waals surface area (Å²) in [5.41, 5.74) is 5.42. The zero-order chi connectivity index (χ0) is 10.2. The Kier molecular flexibility index (Phi) is 2.24. The van der Waals surface area contributed by atoms with Gasteiger partial charge >= 0.3 is 6.18 Å². The second kappa shape index (κ2) is 2.94. The van der Waals surface area contributed by atoms with Gasteiger partial charge in [-0.3, -0.25) is 0 Å². The largest absolute Gasteiger partial charge is 0.418 e. The van der Waals surface area contributed by atoms with Crippen LogP contribution in [0.1, 0.15) is 16.7 Å². The summed E-state index contributed by atoms with van der Waals surface area (Å²) in [4.78, 5) is 0. The third-order valence-electron chi connectivity index (χ3n) is 1.84. The van der Waals surface area contributed by atoms with E-state index < -0.39 is 11.7 Å². The van der Waals surface area contributed by atoms with Crippen LogP contribution in [0.3, 0.4) is 0 Å². The van der Waals surface area contributed by atoms with Crippen molar-refractivity contribution >= 4 is 5.69 Å². The molecule has 1 nitrogen and oxygen atoms in total. The topological polar surface area (TPSA) is 26.0 Å². The Bertz CT molecular complexity index is 328. The zero-order valence-electron chi connectivity index (χ0n) is 7.37. The molecular formula is C9H10F3N. The first-order valence-electron chi connectivity index (χ1n) is 3.76. The van der Waals surface area contributed by atoms with E-state index in [9.17, 15) is 13.2 Å². The van der Waals surface area contributed by atoms with E-state index in [1.807, 2.05) is 0 Å². The van der Waals surface area contributed by atoms with Crippen molar-refractivity contribution in [2.24, 2.45) is 0 Å². The second-order valence-corrected chi connectivity index (χ2v) is 3.04. The summed E-state index contributed by atoms with van der Waals surface area (Å²) in [6.07, 6.45) is -4.36. The molecule has 72 valence electrons. The Hall–Kier alpha value is -1.19. The third kappa shape index (κ3) is 1.94. The molecular weight excluding hydrogens is 179 g/mol. The smallest absolute Gasteiger partial charge is 0.398 e. The van der Waals surface area contributed by atoms with Gasteiger partial charge in [0.2, 0.25) is 0 Å². The van der Waals surface area contributed by atoms with Gasteiger partial charge in [0.05, 0.1) is 5.56 Å². The van der Waals surface area contributed by atoms with Gasteiger partial charge in [-0.25, -0.2) is 0 Å². The van der Waals surface area contributed by atoms with Crippen molar-refractivity contribution in [2.75, 3.05) is 5.73 Å². The van der Waals surface area contributed by atoms with Crippen molar-refractivity contribution in [1.82, 2.24) is 0 Å². The first-order chi connectivity index (χ1) is 5.82. The Morgan fingerprint density at radius 2 is 1.69 bits per heavy atom. The quantitative estimate of drug-likeness (QED) is 0.624. The second-order valence-electron chi connectivity index (χ2n) is 3.04. The van der Waals surface area contributed by atoms with Crippen molar-refractivity contribution in [3.05, 3.63) is 28.8 Å². The highest BCUT2D eigenvalue weighted by atomic mass is 19.4. The first kappa shape index (κ1) is 9.89. The fourth-order valence-electron chi connectivity index (χ4n) is 1.21. The molecule has 1 aromatic carbocycles. The van der Waals surface area contributed by atoms with E-state index in [0.717, 1.165) is 6.07 Å². The van der Waals surface area contributed by atoms with Gasteiger partial charge in [0.15, 0.2) is 0 Å².